The van der Waals surface area contributed by atoms with E-state index in [-0.39, 0.29) is 6.03 Å². The molecule has 0 saturated carbocycles. The lowest BCUT2D eigenvalue weighted by Gasteiger charge is -2.21. The number of methoxy groups -OCH3 is 1. The average Bonchev–Trinajstić information content (AvgIpc) is 2.85. The molecule has 25 heavy (non-hydrogen) atoms. The molecule has 0 radical (unpaired) electrons. The number of amides is 2. The van der Waals surface area contributed by atoms with E-state index in [1.165, 1.54) is 11.1 Å². The topological polar surface area (TPSA) is 50.8 Å². The quantitative estimate of drug-likeness (QED) is 0.849. The van der Waals surface area contributed by atoms with E-state index in [1.807, 2.05) is 29.2 Å². The third kappa shape index (κ3) is 4.73. The molecule has 1 heterocycles. The molecule has 132 valence electrons. The highest BCUT2D eigenvalue weighted by Crippen LogP contribution is 2.19. The zero-order chi connectivity index (χ0) is 17.5. The lowest BCUT2D eigenvalue weighted by Crippen LogP contribution is -2.36. The maximum atomic E-state index is 12.6. The summed E-state index contributed by atoms with van der Waals surface area (Å²) in [6.07, 6.45) is 1.79. The third-order valence-electron chi connectivity index (χ3n) is 4.35. The van der Waals surface area contributed by atoms with Crippen LogP contribution in [0.25, 0.3) is 0 Å². The van der Waals surface area contributed by atoms with Crippen LogP contribution in [0.1, 0.15) is 11.1 Å². The summed E-state index contributed by atoms with van der Waals surface area (Å²) in [6.45, 7) is 2.48. The lowest BCUT2D eigenvalue weighted by atomic mass is 10.0. The first-order valence-electron chi connectivity index (χ1n) is 8.61. The van der Waals surface area contributed by atoms with E-state index in [0.717, 1.165) is 37.4 Å². The van der Waals surface area contributed by atoms with Gasteiger partial charge in [-0.15, -0.1) is 0 Å². The summed E-state index contributed by atoms with van der Waals surface area (Å²) in [5.74, 6) is 0.720. The number of hydrogen-bond acceptors (Lipinski definition) is 3. The molecule has 0 unspecified atom stereocenters. The molecule has 5 heteroatoms. The van der Waals surface area contributed by atoms with E-state index in [9.17, 15) is 4.79 Å². The van der Waals surface area contributed by atoms with Gasteiger partial charge in [-0.05, 0) is 36.1 Å². The van der Waals surface area contributed by atoms with E-state index >= 15 is 0 Å². The van der Waals surface area contributed by atoms with Crippen molar-refractivity contribution in [2.24, 2.45) is 0 Å². The van der Waals surface area contributed by atoms with Gasteiger partial charge in [-0.25, -0.2) is 4.79 Å². The summed E-state index contributed by atoms with van der Waals surface area (Å²) >= 11 is 0. The number of carbonyl (C=O) groups excluding carboxylic acids is 1. The molecule has 0 atom stereocenters. The predicted octanol–water partition coefficient (Wildman–Crippen LogP) is 3.34. The van der Waals surface area contributed by atoms with E-state index in [0.29, 0.717) is 13.2 Å². The van der Waals surface area contributed by atoms with Gasteiger partial charge < -0.3 is 19.7 Å². The van der Waals surface area contributed by atoms with Crippen LogP contribution in [-0.2, 0) is 17.6 Å². The molecular formula is C20H24N2O3. The Morgan fingerprint density at radius 3 is 2.44 bits per heavy atom. The number of fused-ring (bicyclic) bond motifs is 1. The average molecular weight is 340 g/mol. The molecule has 0 aliphatic carbocycles. The molecule has 5 nitrogen and oxygen atoms in total. The van der Waals surface area contributed by atoms with Crippen molar-refractivity contribution in [1.29, 1.82) is 0 Å². The Morgan fingerprint density at radius 2 is 1.76 bits per heavy atom. The number of anilines is 1. The molecule has 0 bridgehead atoms. The summed E-state index contributed by atoms with van der Waals surface area (Å²) in [4.78, 5) is 14.5. The van der Waals surface area contributed by atoms with Gasteiger partial charge in [0.05, 0.1) is 6.61 Å². The van der Waals surface area contributed by atoms with Crippen molar-refractivity contribution in [2.45, 2.75) is 12.8 Å². The highest BCUT2D eigenvalue weighted by atomic mass is 16.5. The van der Waals surface area contributed by atoms with Gasteiger partial charge in [-0.3, -0.25) is 0 Å². The molecule has 0 spiro atoms. The minimum Gasteiger partial charge on any atom is -0.491 e. The summed E-state index contributed by atoms with van der Waals surface area (Å²) < 4.78 is 10.6. The Bertz CT molecular complexity index is 691. The second kappa shape index (κ2) is 8.53. The molecule has 2 aromatic rings. The largest absolute Gasteiger partial charge is 0.491 e. The smallest absolute Gasteiger partial charge is 0.321 e. The van der Waals surface area contributed by atoms with Gasteiger partial charge in [0.1, 0.15) is 12.4 Å². The van der Waals surface area contributed by atoms with Gasteiger partial charge in [0.15, 0.2) is 0 Å². The zero-order valence-corrected chi connectivity index (χ0v) is 14.5. The van der Waals surface area contributed by atoms with Gasteiger partial charge >= 0.3 is 6.03 Å². The Balaban J connectivity index is 1.58. The number of benzene rings is 2. The van der Waals surface area contributed by atoms with E-state index in [2.05, 4.69) is 29.6 Å². The molecular weight excluding hydrogens is 316 g/mol. The molecule has 3 rings (SSSR count). The highest BCUT2D eigenvalue weighted by Gasteiger charge is 2.18. The van der Waals surface area contributed by atoms with E-state index in [4.69, 9.17) is 9.47 Å². The Kier molecular flexibility index (Phi) is 5.90. The normalized spacial score (nSPS) is 13.7. The first kappa shape index (κ1) is 17.3. The monoisotopic (exact) mass is 340 g/mol. The van der Waals surface area contributed by atoms with E-state index in [1.54, 1.807) is 7.11 Å². The molecule has 2 amide bonds. The van der Waals surface area contributed by atoms with Crippen LogP contribution in [0.15, 0.2) is 48.5 Å². The maximum Gasteiger partial charge on any atom is 0.321 e. The highest BCUT2D eigenvalue weighted by molar-refractivity contribution is 5.89. The van der Waals surface area contributed by atoms with Crippen LogP contribution >= 0.6 is 0 Å². The summed E-state index contributed by atoms with van der Waals surface area (Å²) in [5, 5.41) is 2.97. The number of urea groups is 1. The number of nitrogens with zero attached hydrogens (tertiary/aromatic N) is 1. The van der Waals surface area contributed by atoms with Crippen molar-refractivity contribution < 1.29 is 14.3 Å². The van der Waals surface area contributed by atoms with Crippen LogP contribution in [0.2, 0.25) is 0 Å². The first-order chi connectivity index (χ1) is 12.3. The number of nitrogens with one attached hydrogen (secondary N) is 1. The van der Waals surface area contributed by atoms with Gasteiger partial charge in [0, 0.05) is 32.0 Å². The zero-order valence-electron chi connectivity index (χ0n) is 14.5. The molecule has 1 aliphatic rings. The third-order valence-corrected chi connectivity index (χ3v) is 4.35. The van der Waals surface area contributed by atoms with Crippen LogP contribution < -0.4 is 10.1 Å². The molecule has 2 aromatic carbocycles. The molecule has 1 N–H and O–H groups in total. The second-order valence-electron chi connectivity index (χ2n) is 6.06. The Hall–Kier alpha value is -2.53. The van der Waals surface area contributed by atoms with Gasteiger partial charge in [-0.1, -0.05) is 30.3 Å². The molecule has 0 fully saturated rings. The van der Waals surface area contributed by atoms with Crippen molar-refractivity contribution in [1.82, 2.24) is 4.90 Å². The van der Waals surface area contributed by atoms with Crippen LogP contribution in [0, 0.1) is 0 Å². The standard InChI is InChI=1S/C20H24N2O3/c1-24-13-14-25-19-8-4-7-18(15-19)21-20(23)22-11-9-16-5-2-3-6-17(16)10-12-22/h2-8,15H,9-14H2,1H3,(H,21,23). The first-order valence-corrected chi connectivity index (χ1v) is 8.61. The fourth-order valence-electron chi connectivity index (χ4n) is 2.98. The van der Waals surface area contributed by atoms with Crippen molar-refractivity contribution in [3.05, 3.63) is 59.7 Å². The molecule has 0 aromatic heterocycles. The van der Waals surface area contributed by atoms with Gasteiger partial charge in [0.2, 0.25) is 0 Å². The van der Waals surface area contributed by atoms with Crippen LogP contribution in [0.3, 0.4) is 0 Å². The number of carbonyl (C=O) groups is 1. The minimum atomic E-state index is -0.0677. The molecule has 0 saturated heterocycles. The Labute approximate surface area is 148 Å². The SMILES string of the molecule is COCCOc1cccc(NC(=O)N2CCc3ccccc3CC2)c1. The fraction of sp³-hybridized carbons (Fsp3) is 0.350. The number of rotatable bonds is 5. The maximum absolute atomic E-state index is 12.6. The van der Waals surface area contributed by atoms with Crippen molar-refractivity contribution >= 4 is 11.7 Å². The Morgan fingerprint density at radius 1 is 1.04 bits per heavy atom. The second-order valence-corrected chi connectivity index (χ2v) is 6.06. The summed E-state index contributed by atoms with van der Waals surface area (Å²) in [5.41, 5.74) is 3.42. The van der Waals surface area contributed by atoms with Crippen molar-refractivity contribution in [3.63, 3.8) is 0 Å². The van der Waals surface area contributed by atoms with E-state index < -0.39 is 0 Å². The van der Waals surface area contributed by atoms with Crippen LogP contribution in [0.4, 0.5) is 10.5 Å². The van der Waals surface area contributed by atoms with Crippen molar-refractivity contribution in [3.8, 4) is 5.75 Å². The summed E-state index contributed by atoms with van der Waals surface area (Å²) in [6, 6.07) is 15.8. The molecule has 1 aliphatic heterocycles. The fourth-order valence-corrected chi connectivity index (χ4v) is 2.98. The lowest BCUT2D eigenvalue weighted by molar-refractivity contribution is 0.146. The minimum absolute atomic E-state index is 0.0677. The summed E-state index contributed by atoms with van der Waals surface area (Å²) in [7, 11) is 1.64. The predicted molar refractivity (Wildman–Crippen MR) is 98.3 cm³/mol. The van der Waals surface area contributed by atoms with Crippen LogP contribution in [-0.4, -0.2) is 44.3 Å². The van der Waals surface area contributed by atoms with Gasteiger partial charge in [0.25, 0.3) is 0 Å². The number of ether oxygens (including phenoxy) is 2. The van der Waals surface area contributed by atoms with Gasteiger partial charge in [-0.2, -0.15) is 0 Å². The number of hydrogen-bond donors (Lipinski definition) is 1. The van der Waals surface area contributed by atoms with Crippen molar-refractivity contribution in [2.75, 3.05) is 38.7 Å². The van der Waals surface area contributed by atoms with Crippen LogP contribution in [0.5, 0.6) is 5.75 Å².